The Hall–Kier alpha value is -3.21. The number of hydrogen-bond acceptors (Lipinski definition) is 3. The molecule has 0 unspecified atom stereocenters. The zero-order valence-electron chi connectivity index (χ0n) is 22.6. The second-order valence-electron chi connectivity index (χ2n) is 10.9. The van der Waals surface area contributed by atoms with Crippen molar-refractivity contribution in [3.05, 3.63) is 77.2 Å². The molecular weight excluding hydrogens is 454 g/mol. The van der Waals surface area contributed by atoms with E-state index in [1.165, 1.54) is 55.3 Å². The van der Waals surface area contributed by atoms with Crippen LogP contribution in [-0.4, -0.2) is 15.9 Å². The van der Waals surface area contributed by atoms with Gasteiger partial charge in [0.1, 0.15) is 5.82 Å². The predicted octanol–water partition coefficient (Wildman–Crippen LogP) is 7.25. The maximum atomic E-state index is 5.59. The van der Waals surface area contributed by atoms with Gasteiger partial charge in [0.2, 0.25) is 0 Å². The molecule has 196 valence electrons. The Labute approximate surface area is 222 Å². The van der Waals surface area contributed by atoms with Crippen LogP contribution in [0.3, 0.4) is 0 Å². The summed E-state index contributed by atoms with van der Waals surface area (Å²) >= 11 is 0. The van der Waals surface area contributed by atoms with Gasteiger partial charge in [-0.3, -0.25) is 0 Å². The largest absolute Gasteiger partial charge is 0.370 e. The molecule has 1 heterocycles. The first-order chi connectivity index (χ1) is 18.0. The molecule has 0 bridgehead atoms. The maximum Gasteiger partial charge on any atom is 0.191 e. The summed E-state index contributed by atoms with van der Waals surface area (Å²) in [6, 6.07) is 19.0. The van der Waals surface area contributed by atoms with Crippen LogP contribution in [0.25, 0.3) is 11.3 Å². The molecule has 1 aliphatic rings. The lowest BCUT2D eigenvalue weighted by atomic mass is 9.87. The number of guanidine groups is 1. The van der Waals surface area contributed by atoms with E-state index in [2.05, 4.69) is 61.3 Å². The average Bonchev–Trinajstić information content (AvgIpc) is 2.90. The highest BCUT2D eigenvalue weighted by Gasteiger charge is 2.23. The minimum absolute atomic E-state index is 0.0736. The van der Waals surface area contributed by atoms with E-state index in [1.807, 2.05) is 12.1 Å². The van der Waals surface area contributed by atoms with E-state index in [-0.39, 0.29) is 5.96 Å². The number of nitrogens with two attached hydrogens (primary N) is 2. The van der Waals surface area contributed by atoms with Gasteiger partial charge in [-0.2, -0.15) is 0 Å². The number of nitrogens with zero attached hydrogens (tertiary/aromatic N) is 3. The average molecular weight is 498 g/mol. The third-order valence-electron chi connectivity index (χ3n) is 7.41. The van der Waals surface area contributed by atoms with Gasteiger partial charge in [-0.15, -0.1) is 0 Å². The fourth-order valence-electron chi connectivity index (χ4n) is 5.44. The third-order valence-corrected chi connectivity index (χ3v) is 7.41. The summed E-state index contributed by atoms with van der Waals surface area (Å²) in [6.45, 7) is 4.60. The van der Waals surface area contributed by atoms with Crippen molar-refractivity contribution in [1.29, 1.82) is 0 Å². The lowest BCUT2D eigenvalue weighted by Crippen LogP contribution is -2.21. The van der Waals surface area contributed by atoms with Crippen LogP contribution in [-0.2, 0) is 19.3 Å². The Bertz CT molecular complexity index is 1140. The first-order valence-electron chi connectivity index (χ1n) is 14.1. The van der Waals surface area contributed by atoms with Crippen molar-refractivity contribution in [2.24, 2.45) is 22.4 Å². The maximum absolute atomic E-state index is 5.59. The summed E-state index contributed by atoms with van der Waals surface area (Å²) in [4.78, 5) is 14.8. The molecule has 1 aliphatic carbocycles. The fraction of sp³-hybridized carbons (Fsp3) is 0.469. The van der Waals surface area contributed by atoms with Crippen molar-refractivity contribution >= 4 is 11.6 Å². The summed E-state index contributed by atoms with van der Waals surface area (Å²) in [6.07, 6.45) is 12.8. The standard InChI is InChI=1S/C32H43N5/c1-23(2)11-9-17-28-29(18-10-14-24-12-5-3-6-13-24)36-31(26-15-7-4-8-16-26)37-30(28)25-19-21-27(22-20-25)35-32(33)34/h3,5-6,12-13,19-23,26H,4,7-11,14-18H2,1-2H3,(H4,33,34,35). The van der Waals surface area contributed by atoms with Gasteiger partial charge in [0.05, 0.1) is 11.4 Å². The van der Waals surface area contributed by atoms with Crippen LogP contribution in [0, 0.1) is 5.92 Å². The van der Waals surface area contributed by atoms with Crippen molar-refractivity contribution < 1.29 is 0 Å². The van der Waals surface area contributed by atoms with Gasteiger partial charge >= 0.3 is 0 Å². The highest BCUT2D eigenvalue weighted by atomic mass is 15.0. The second kappa shape index (κ2) is 13.4. The topological polar surface area (TPSA) is 90.2 Å². The molecule has 0 saturated heterocycles. The van der Waals surface area contributed by atoms with Gasteiger partial charge in [-0.25, -0.2) is 15.0 Å². The van der Waals surface area contributed by atoms with Crippen molar-refractivity contribution in [3.8, 4) is 11.3 Å². The van der Waals surface area contributed by atoms with Crippen LogP contribution in [0.4, 0.5) is 5.69 Å². The van der Waals surface area contributed by atoms with Gasteiger partial charge in [-0.05, 0) is 68.6 Å². The molecule has 4 N–H and O–H groups in total. The van der Waals surface area contributed by atoms with Crippen molar-refractivity contribution in [2.45, 2.75) is 90.4 Å². The van der Waals surface area contributed by atoms with Gasteiger partial charge in [0.15, 0.2) is 5.96 Å². The molecule has 1 saturated carbocycles. The monoisotopic (exact) mass is 497 g/mol. The minimum Gasteiger partial charge on any atom is -0.370 e. The molecule has 2 aromatic carbocycles. The second-order valence-corrected chi connectivity index (χ2v) is 10.9. The lowest BCUT2D eigenvalue weighted by molar-refractivity contribution is 0.427. The predicted molar refractivity (Wildman–Crippen MR) is 155 cm³/mol. The molecule has 5 nitrogen and oxygen atoms in total. The molecule has 0 radical (unpaired) electrons. The van der Waals surface area contributed by atoms with Gasteiger partial charge in [-0.1, -0.05) is 82.0 Å². The molecule has 3 aromatic rings. The normalized spacial score (nSPS) is 14.1. The van der Waals surface area contributed by atoms with E-state index >= 15 is 0 Å². The molecule has 4 rings (SSSR count). The quantitative estimate of drug-likeness (QED) is 0.216. The SMILES string of the molecule is CC(C)CCCc1c(CCCc2ccccc2)nc(C2CCCCC2)nc1-c1ccc(N=C(N)N)cc1. The summed E-state index contributed by atoms with van der Waals surface area (Å²) < 4.78 is 0. The van der Waals surface area contributed by atoms with Crippen molar-refractivity contribution in [3.63, 3.8) is 0 Å². The fourth-order valence-corrected chi connectivity index (χ4v) is 5.44. The number of hydrogen-bond donors (Lipinski definition) is 2. The Balaban J connectivity index is 1.71. The lowest BCUT2D eigenvalue weighted by Gasteiger charge is -2.23. The number of benzene rings is 2. The highest BCUT2D eigenvalue weighted by molar-refractivity contribution is 5.79. The number of aryl methyl sites for hydroxylation is 2. The Morgan fingerprint density at radius 3 is 2.27 bits per heavy atom. The first kappa shape index (κ1) is 26.8. The molecule has 0 spiro atoms. The van der Waals surface area contributed by atoms with Crippen LogP contribution in [0.1, 0.15) is 93.8 Å². The van der Waals surface area contributed by atoms with Crippen LogP contribution in [0.2, 0.25) is 0 Å². The summed E-state index contributed by atoms with van der Waals surface area (Å²) in [7, 11) is 0. The molecular formula is C32H43N5. The summed E-state index contributed by atoms with van der Waals surface area (Å²) in [5.41, 5.74) is 18.1. The summed E-state index contributed by atoms with van der Waals surface area (Å²) in [5.74, 6) is 2.27. The molecule has 1 aromatic heterocycles. The Morgan fingerprint density at radius 1 is 0.865 bits per heavy atom. The number of aliphatic imine (C=N–C) groups is 1. The molecule has 5 heteroatoms. The molecule has 1 fully saturated rings. The van der Waals surface area contributed by atoms with E-state index in [1.54, 1.807) is 0 Å². The first-order valence-corrected chi connectivity index (χ1v) is 14.1. The van der Waals surface area contributed by atoms with Gasteiger partial charge in [0, 0.05) is 22.7 Å². The zero-order valence-corrected chi connectivity index (χ0v) is 22.6. The van der Waals surface area contributed by atoms with Crippen molar-refractivity contribution in [1.82, 2.24) is 9.97 Å². The Morgan fingerprint density at radius 2 is 1.59 bits per heavy atom. The van der Waals surface area contributed by atoms with E-state index < -0.39 is 0 Å². The molecule has 37 heavy (non-hydrogen) atoms. The smallest absolute Gasteiger partial charge is 0.191 e. The minimum atomic E-state index is 0.0736. The number of rotatable bonds is 11. The molecule has 0 atom stereocenters. The van der Waals surface area contributed by atoms with E-state index in [0.717, 1.165) is 54.9 Å². The van der Waals surface area contributed by atoms with Crippen molar-refractivity contribution in [2.75, 3.05) is 0 Å². The summed E-state index contributed by atoms with van der Waals surface area (Å²) in [5, 5.41) is 0. The molecule has 0 amide bonds. The van der Waals surface area contributed by atoms with Crippen LogP contribution in [0.15, 0.2) is 59.6 Å². The van der Waals surface area contributed by atoms with Crippen LogP contribution in [0.5, 0.6) is 0 Å². The van der Waals surface area contributed by atoms with E-state index in [0.29, 0.717) is 11.8 Å². The van der Waals surface area contributed by atoms with Crippen LogP contribution < -0.4 is 11.5 Å². The highest BCUT2D eigenvalue weighted by Crippen LogP contribution is 2.35. The Kier molecular flexibility index (Phi) is 9.70. The van der Waals surface area contributed by atoms with E-state index in [9.17, 15) is 0 Å². The number of aromatic nitrogens is 2. The van der Waals surface area contributed by atoms with Gasteiger partial charge < -0.3 is 11.5 Å². The zero-order chi connectivity index (χ0) is 26.0. The van der Waals surface area contributed by atoms with Gasteiger partial charge in [0.25, 0.3) is 0 Å². The van der Waals surface area contributed by atoms with E-state index in [4.69, 9.17) is 21.4 Å². The van der Waals surface area contributed by atoms with Crippen LogP contribution >= 0.6 is 0 Å². The molecule has 0 aliphatic heterocycles. The third kappa shape index (κ3) is 7.88.